The molecule has 1 aliphatic rings. The van der Waals surface area contributed by atoms with E-state index in [-0.39, 0.29) is 0 Å². The van der Waals surface area contributed by atoms with Crippen LogP contribution < -0.4 is 0 Å². The molecular formula is C17H34. The maximum absolute atomic E-state index is 2.53. The van der Waals surface area contributed by atoms with Crippen LogP contribution in [0.2, 0.25) is 0 Å². The van der Waals surface area contributed by atoms with Gasteiger partial charge in [-0.05, 0) is 41.9 Å². The van der Waals surface area contributed by atoms with Crippen molar-refractivity contribution < 1.29 is 0 Å². The Labute approximate surface area is 110 Å². The van der Waals surface area contributed by atoms with Gasteiger partial charge in [0.25, 0.3) is 0 Å². The average molecular weight is 238 g/mol. The number of unbranched alkanes of at least 4 members (excludes halogenated alkanes) is 1. The first kappa shape index (κ1) is 15.1. The van der Waals surface area contributed by atoms with Crippen molar-refractivity contribution in [1.82, 2.24) is 0 Å². The molecular weight excluding hydrogens is 204 g/mol. The van der Waals surface area contributed by atoms with Gasteiger partial charge in [-0.3, -0.25) is 0 Å². The van der Waals surface area contributed by atoms with Crippen LogP contribution in [0, 0.1) is 22.7 Å². The van der Waals surface area contributed by atoms with Gasteiger partial charge in [-0.1, -0.05) is 67.2 Å². The van der Waals surface area contributed by atoms with Crippen molar-refractivity contribution in [2.24, 2.45) is 22.7 Å². The van der Waals surface area contributed by atoms with Gasteiger partial charge in [-0.2, -0.15) is 0 Å². The Morgan fingerprint density at radius 1 is 0.941 bits per heavy atom. The highest BCUT2D eigenvalue weighted by atomic mass is 14.6. The van der Waals surface area contributed by atoms with Crippen LogP contribution in [0.3, 0.4) is 0 Å². The molecule has 3 unspecified atom stereocenters. The van der Waals surface area contributed by atoms with Gasteiger partial charge in [-0.15, -0.1) is 0 Å². The third-order valence-corrected chi connectivity index (χ3v) is 6.05. The lowest BCUT2D eigenvalue weighted by Gasteiger charge is -2.58. The van der Waals surface area contributed by atoms with Crippen molar-refractivity contribution in [2.75, 3.05) is 0 Å². The van der Waals surface area contributed by atoms with E-state index in [9.17, 15) is 0 Å². The zero-order valence-electron chi connectivity index (χ0n) is 13.1. The number of hydrogen-bond donors (Lipinski definition) is 0. The summed E-state index contributed by atoms with van der Waals surface area (Å²) in [7, 11) is 0. The lowest BCUT2D eigenvalue weighted by atomic mass is 9.47. The fourth-order valence-electron chi connectivity index (χ4n) is 3.48. The van der Waals surface area contributed by atoms with Crippen molar-refractivity contribution >= 4 is 0 Å². The van der Waals surface area contributed by atoms with Crippen LogP contribution in [-0.2, 0) is 0 Å². The molecule has 0 aromatic heterocycles. The Morgan fingerprint density at radius 3 is 2.00 bits per heavy atom. The van der Waals surface area contributed by atoms with E-state index in [1.165, 1.54) is 44.9 Å². The molecule has 0 saturated heterocycles. The van der Waals surface area contributed by atoms with Gasteiger partial charge in [-0.25, -0.2) is 0 Å². The van der Waals surface area contributed by atoms with Gasteiger partial charge in [0.1, 0.15) is 0 Å². The van der Waals surface area contributed by atoms with E-state index in [0.29, 0.717) is 10.8 Å². The fourth-order valence-corrected chi connectivity index (χ4v) is 3.48. The van der Waals surface area contributed by atoms with Crippen molar-refractivity contribution in [2.45, 2.75) is 86.5 Å². The van der Waals surface area contributed by atoms with E-state index < -0.39 is 0 Å². The topological polar surface area (TPSA) is 0 Å². The normalized spacial score (nSPS) is 30.7. The third-order valence-electron chi connectivity index (χ3n) is 6.05. The van der Waals surface area contributed by atoms with E-state index in [1.807, 2.05) is 0 Å². The van der Waals surface area contributed by atoms with Gasteiger partial charge in [0, 0.05) is 0 Å². The molecule has 1 aliphatic carbocycles. The molecule has 0 amide bonds. The molecule has 0 spiro atoms. The Bertz CT molecular complexity index is 228. The zero-order valence-corrected chi connectivity index (χ0v) is 13.1. The van der Waals surface area contributed by atoms with Gasteiger partial charge >= 0.3 is 0 Å². The summed E-state index contributed by atoms with van der Waals surface area (Å²) in [5.74, 6) is 1.83. The smallest absolute Gasteiger partial charge is 0.0249 e. The summed E-state index contributed by atoms with van der Waals surface area (Å²) in [5, 5.41) is 0. The predicted molar refractivity (Wildman–Crippen MR) is 78.2 cm³/mol. The highest BCUT2D eigenvalue weighted by molar-refractivity contribution is 5.01. The molecule has 102 valence electrons. The Balaban J connectivity index is 2.32. The standard InChI is InChI=1S/C17H34/c1-7-8-9-14(2)10-11-15(3)17(6)13-12-16(17,4)5/h14-15H,7-13H2,1-6H3. The van der Waals surface area contributed by atoms with E-state index in [1.54, 1.807) is 0 Å². The monoisotopic (exact) mass is 238 g/mol. The van der Waals surface area contributed by atoms with Crippen molar-refractivity contribution in [1.29, 1.82) is 0 Å². The molecule has 0 N–H and O–H groups in total. The predicted octanol–water partition coefficient (Wildman–Crippen LogP) is 6.06. The molecule has 0 heteroatoms. The van der Waals surface area contributed by atoms with E-state index in [0.717, 1.165) is 11.8 Å². The quantitative estimate of drug-likeness (QED) is 0.506. The molecule has 0 bridgehead atoms. The second kappa shape index (κ2) is 5.76. The fraction of sp³-hybridized carbons (Fsp3) is 1.00. The maximum atomic E-state index is 2.53. The third kappa shape index (κ3) is 3.26. The van der Waals surface area contributed by atoms with Crippen LogP contribution in [0.25, 0.3) is 0 Å². The zero-order chi connectivity index (χ0) is 13.1. The van der Waals surface area contributed by atoms with Crippen molar-refractivity contribution in [3.05, 3.63) is 0 Å². The van der Waals surface area contributed by atoms with Crippen LogP contribution in [0.1, 0.15) is 86.5 Å². The number of hydrogen-bond acceptors (Lipinski definition) is 0. The maximum Gasteiger partial charge on any atom is -0.0249 e. The van der Waals surface area contributed by atoms with Crippen LogP contribution in [0.15, 0.2) is 0 Å². The summed E-state index contributed by atoms with van der Waals surface area (Å²) in [5.41, 5.74) is 1.19. The second-order valence-corrected chi connectivity index (χ2v) is 7.53. The van der Waals surface area contributed by atoms with Crippen LogP contribution in [0.4, 0.5) is 0 Å². The lowest BCUT2D eigenvalue weighted by Crippen LogP contribution is -2.49. The first-order chi connectivity index (χ1) is 7.83. The Kier molecular flexibility index (Phi) is 5.10. The molecule has 0 radical (unpaired) electrons. The molecule has 0 aliphatic heterocycles. The summed E-state index contributed by atoms with van der Waals surface area (Å²) in [6.45, 7) is 14.7. The molecule has 17 heavy (non-hydrogen) atoms. The minimum Gasteiger partial charge on any atom is -0.0654 e. The van der Waals surface area contributed by atoms with Gasteiger partial charge in [0.15, 0.2) is 0 Å². The molecule has 1 saturated carbocycles. The molecule has 0 nitrogen and oxygen atoms in total. The lowest BCUT2D eigenvalue weighted by molar-refractivity contribution is -0.0830. The van der Waals surface area contributed by atoms with Crippen molar-refractivity contribution in [3.63, 3.8) is 0 Å². The van der Waals surface area contributed by atoms with Gasteiger partial charge in [0.05, 0.1) is 0 Å². The SMILES string of the molecule is CCCCC(C)CCC(C)C1(C)CCC1(C)C. The van der Waals surface area contributed by atoms with E-state index >= 15 is 0 Å². The molecule has 1 rings (SSSR count). The Hall–Kier alpha value is 0. The van der Waals surface area contributed by atoms with Crippen LogP contribution in [0.5, 0.6) is 0 Å². The van der Waals surface area contributed by atoms with E-state index in [2.05, 4.69) is 41.5 Å². The molecule has 0 aromatic carbocycles. The highest BCUT2D eigenvalue weighted by Crippen LogP contribution is 2.61. The average Bonchev–Trinajstić information content (AvgIpc) is 2.30. The first-order valence-corrected chi connectivity index (χ1v) is 7.83. The minimum absolute atomic E-state index is 0.582. The Morgan fingerprint density at radius 2 is 1.59 bits per heavy atom. The van der Waals surface area contributed by atoms with E-state index in [4.69, 9.17) is 0 Å². The van der Waals surface area contributed by atoms with Gasteiger partial charge < -0.3 is 0 Å². The number of rotatable bonds is 7. The molecule has 0 heterocycles. The summed E-state index contributed by atoms with van der Waals surface area (Å²) in [6, 6.07) is 0. The highest BCUT2D eigenvalue weighted by Gasteiger charge is 2.51. The van der Waals surface area contributed by atoms with Crippen LogP contribution >= 0.6 is 0 Å². The largest absolute Gasteiger partial charge is 0.0654 e. The summed E-state index contributed by atoms with van der Waals surface area (Å²) >= 11 is 0. The minimum atomic E-state index is 0.582. The van der Waals surface area contributed by atoms with Crippen molar-refractivity contribution in [3.8, 4) is 0 Å². The first-order valence-electron chi connectivity index (χ1n) is 7.83. The summed E-state index contributed by atoms with van der Waals surface area (Å²) in [4.78, 5) is 0. The second-order valence-electron chi connectivity index (χ2n) is 7.53. The van der Waals surface area contributed by atoms with Gasteiger partial charge in [0.2, 0.25) is 0 Å². The molecule has 3 atom stereocenters. The summed E-state index contributed by atoms with van der Waals surface area (Å²) < 4.78 is 0. The van der Waals surface area contributed by atoms with Crippen LogP contribution in [-0.4, -0.2) is 0 Å². The summed E-state index contributed by atoms with van der Waals surface area (Å²) in [6.07, 6.45) is 9.95. The molecule has 1 fully saturated rings. The molecule has 0 aromatic rings.